The number of aromatic nitrogens is 2. The zero-order valence-corrected chi connectivity index (χ0v) is 7.81. The first-order valence-corrected chi connectivity index (χ1v) is 4.20. The molecule has 5 nitrogen and oxygen atoms in total. The van der Waals surface area contributed by atoms with E-state index in [4.69, 9.17) is 5.11 Å². The molecule has 0 amide bonds. The van der Waals surface area contributed by atoms with E-state index < -0.39 is 5.69 Å². The van der Waals surface area contributed by atoms with Crippen LogP contribution in [0.3, 0.4) is 0 Å². The van der Waals surface area contributed by atoms with Crippen molar-refractivity contribution in [3.8, 4) is 5.75 Å². The molecule has 0 radical (unpaired) electrons. The van der Waals surface area contributed by atoms with Crippen molar-refractivity contribution >= 4 is 0 Å². The van der Waals surface area contributed by atoms with Gasteiger partial charge in [-0.3, -0.25) is 9.78 Å². The summed E-state index contributed by atoms with van der Waals surface area (Å²) in [5.74, 6) is 0.322. The first-order valence-electron chi connectivity index (χ1n) is 4.20. The number of phenols is 1. The van der Waals surface area contributed by atoms with Gasteiger partial charge in [0.05, 0.1) is 0 Å². The molecule has 0 fully saturated rings. The van der Waals surface area contributed by atoms with Crippen molar-refractivity contribution in [1.82, 2.24) is 9.97 Å². The van der Waals surface area contributed by atoms with E-state index in [0.717, 1.165) is 0 Å². The van der Waals surface area contributed by atoms with Gasteiger partial charge < -0.3 is 10.1 Å². The third-order valence-corrected chi connectivity index (χ3v) is 1.44. The van der Waals surface area contributed by atoms with E-state index in [2.05, 4.69) is 4.98 Å². The van der Waals surface area contributed by atoms with E-state index in [1.807, 2.05) is 11.1 Å². The fourth-order valence-electron chi connectivity index (χ4n) is 0.811. The predicted molar refractivity (Wildman–Crippen MR) is 55.8 cm³/mol. The SMILES string of the molecule is O=c1cc[nH]c(=O)[nH]1.Oc1ccccc1. The van der Waals surface area contributed by atoms with Crippen LogP contribution in [0.4, 0.5) is 0 Å². The Kier molecular flexibility index (Phi) is 3.91. The molecule has 78 valence electrons. The lowest BCUT2D eigenvalue weighted by Gasteiger charge is -1.82. The highest BCUT2D eigenvalue weighted by Gasteiger charge is 1.78. The second-order valence-corrected chi connectivity index (χ2v) is 2.63. The molecule has 1 aromatic heterocycles. The average molecular weight is 206 g/mol. The zero-order valence-electron chi connectivity index (χ0n) is 7.81. The minimum absolute atomic E-state index is 0.322. The molecule has 0 aliphatic heterocycles. The lowest BCUT2D eigenvalue weighted by atomic mass is 10.3. The van der Waals surface area contributed by atoms with E-state index in [1.54, 1.807) is 24.3 Å². The number of nitrogens with one attached hydrogen (secondary N) is 2. The Hall–Kier alpha value is -2.30. The number of aromatic hydroxyl groups is 1. The summed E-state index contributed by atoms with van der Waals surface area (Å²) >= 11 is 0. The minimum atomic E-state index is -0.475. The minimum Gasteiger partial charge on any atom is -0.508 e. The van der Waals surface area contributed by atoms with Crippen molar-refractivity contribution in [3.05, 3.63) is 63.4 Å². The molecule has 3 N–H and O–H groups in total. The Morgan fingerprint density at radius 1 is 1.00 bits per heavy atom. The molecule has 0 saturated carbocycles. The van der Waals surface area contributed by atoms with Gasteiger partial charge in [0.1, 0.15) is 5.75 Å². The van der Waals surface area contributed by atoms with Crippen LogP contribution in [0.15, 0.2) is 52.2 Å². The largest absolute Gasteiger partial charge is 0.508 e. The third kappa shape index (κ3) is 4.47. The van der Waals surface area contributed by atoms with Crippen molar-refractivity contribution in [2.45, 2.75) is 0 Å². The third-order valence-electron chi connectivity index (χ3n) is 1.44. The van der Waals surface area contributed by atoms with Crippen LogP contribution in [-0.4, -0.2) is 15.1 Å². The fourth-order valence-corrected chi connectivity index (χ4v) is 0.811. The highest BCUT2D eigenvalue weighted by atomic mass is 16.3. The first kappa shape index (κ1) is 10.8. The number of benzene rings is 1. The quantitative estimate of drug-likeness (QED) is 0.585. The molecule has 1 aromatic carbocycles. The van der Waals surface area contributed by atoms with Gasteiger partial charge in [0.15, 0.2) is 0 Å². The smallest absolute Gasteiger partial charge is 0.325 e. The van der Waals surface area contributed by atoms with Gasteiger partial charge in [0.2, 0.25) is 0 Å². The molecule has 5 heteroatoms. The molecule has 1 heterocycles. The molecule has 0 spiro atoms. The molecule has 0 bridgehead atoms. The average Bonchev–Trinajstić information content (AvgIpc) is 2.19. The molecule has 0 aliphatic carbocycles. The molecular formula is C10H10N2O3. The van der Waals surface area contributed by atoms with Crippen LogP contribution >= 0.6 is 0 Å². The molecule has 0 saturated heterocycles. The number of hydrogen-bond acceptors (Lipinski definition) is 3. The van der Waals surface area contributed by atoms with Crippen molar-refractivity contribution < 1.29 is 5.11 Å². The van der Waals surface area contributed by atoms with Crippen LogP contribution in [-0.2, 0) is 0 Å². The molecule has 2 rings (SSSR count). The summed E-state index contributed by atoms with van der Waals surface area (Å²) in [5, 5.41) is 8.63. The lowest BCUT2D eigenvalue weighted by Crippen LogP contribution is -2.19. The number of hydrogen-bond donors (Lipinski definition) is 3. The van der Waals surface area contributed by atoms with E-state index in [0.29, 0.717) is 5.75 Å². The number of phenolic OH excluding ortho intramolecular Hbond substituents is 1. The van der Waals surface area contributed by atoms with Gasteiger partial charge in [0, 0.05) is 12.3 Å². The summed E-state index contributed by atoms with van der Waals surface area (Å²) < 4.78 is 0. The van der Waals surface area contributed by atoms with E-state index >= 15 is 0 Å². The van der Waals surface area contributed by atoms with Crippen molar-refractivity contribution in [2.75, 3.05) is 0 Å². The van der Waals surface area contributed by atoms with Crippen molar-refractivity contribution in [1.29, 1.82) is 0 Å². The van der Waals surface area contributed by atoms with Crippen LogP contribution in [0, 0.1) is 0 Å². The van der Waals surface area contributed by atoms with Crippen LogP contribution in [0.1, 0.15) is 0 Å². The van der Waals surface area contributed by atoms with Gasteiger partial charge in [0.25, 0.3) is 5.56 Å². The maximum atomic E-state index is 10.2. The van der Waals surface area contributed by atoms with E-state index in [1.165, 1.54) is 12.3 Å². The van der Waals surface area contributed by atoms with E-state index in [9.17, 15) is 9.59 Å². The topological polar surface area (TPSA) is 86.0 Å². The highest BCUT2D eigenvalue weighted by molar-refractivity contribution is 5.18. The number of rotatable bonds is 0. The second-order valence-electron chi connectivity index (χ2n) is 2.63. The van der Waals surface area contributed by atoms with Gasteiger partial charge in [-0.2, -0.15) is 0 Å². The van der Waals surface area contributed by atoms with Gasteiger partial charge in [-0.05, 0) is 12.1 Å². The molecule has 0 aliphatic rings. The Bertz CT molecular complexity index is 476. The summed E-state index contributed by atoms with van der Waals surface area (Å²) in [6, 6.07) is 9.95. The molecule has 15 heavy (non-hydrogen) atoms. The predicted octanol–water partition coefficient (Wildman–Crippen LogP) is 0.455. The normalized spacial score (nSPS) is 8.80. The van der Waals surface area contributed by atoms with Gasteiger partial charge >= 0.3 is 5.69 Å². The first-order chi connectivity index (χ1) is 7.18. The number of H-pyrrole nitrogens is 2. The maximum Gasteiger partial charge on any atom is 0.325 e. The van der Waals surface area contributed by atoms with E-state index in [-0.39, 0.29) is 5.56 Å². The molecule has 2 aromatic rings. The molecule has 0 atom stereocenters. The molecule has 0 unspecified atom stereocenters. The second kappa shape index (κ2) is 5.43. The van der Waals surface area contributed by atoms with Crippen LogP contribution in [0.25, 0.3) is 0 Å². The Balaban J connectivity index is 0.000000151. The lowest BCUT2D eigenvalue weighted by molar-refractivity contribution is 0.475. The Labute approximate surface area is 85.1 Å². The standard InChI is InChI=1S/C6H6O.C4H4N2O2/c7-6-4-2-1-3-5-6;7-3-1-2-5-4(8)6-3/h1-5,7H;1-2H,(H2,5,6,7,8). The van der Waals surface area contributed by atoms with Crippen LogP contribution < -0.4 is 11.2 Å². The maximum absolute atomic E-state index is 10.2. The van der Waals surface area contributed by atoms with Crippen LogP contribution in [0.5, 0.6) is 5.75 Å². The zero-order chi connectivity index (χ0) is 11.1. The summed E-state index contributed by atoms with van der Waals surface area (Å²) in [7, 11) is 0. The van der Waals surface area contributed by atoms with Crippen molar-refractivity contribution in [3.63, 3.8) is 0 Å². The Morgan fingerprint density at radius 3 is 2.00 bits per heavy atom. The fraction of sp³-hybridized carbons (Fsp3) is 0. The Morgan fingerprint density at radius 2 is 1.67 bits per heavy atom. The summed E-state index contributed by atoms with van der Waals surface area (Å²) in [6.07, 6.45) is 1.29. The van der Waals surface area contributed by atoms with Gasteiger partial charge in [-0.1, -0.05) is 18.2 Å². The monoisotopic (exact) mass is 206 g/mol. The van der Waals surface area contributed by atoms with Gasteiger partial charge in [-0.15, -0.1) is 0 Å². The number of aromatic amines is 2. The summed E-state index contributed by atoms with van der Waals surface area (Å²) in [5.41, 5.74) is -0.855. The van der Waals surface area contributed by atoms with Gasteiger partial charge in [-0.25, -0.2) is 4.79 Å². The van der Waals surface area contributed by atoms with Crippen LogP contribution in [0.2, 0.25) is 0 Å². The summed E-state index contributed by atoms with van der Waals surface area (Å²) in [4.78, 5) is 24.7. The number of para-hydroxylation sites is 1. The summed E-state index contributed by atoms with van der Waals surface area (Å²) in [6.45, 7) is 0. The highest BCUT2D eigenvalue weighted by Crippen LogP contribution is 2.02. The molecular weight excluding hydrogens is 196 g/mol. The van der Waals surface area contributed by atoms with Crippen molar-refractivity contribution in [2.24, 2.45) is 0 Å².